The van der Waals surface area contributed by atoms with E-state index >= 15 is 0 Å². The number of ketones is 1. The van der Waals surface area contributed by atoms with Gasteiger partial charge in [-0.15, -0.1) is 12.3 Å². The zero-order valence-electron chi connectivity index (χ0n) is 20.6. The van der Waals surface area contributed by atoms with Gasteiger partial charge in [0.2, 0.25) is 0 Å². The predicted octanol–water partition coefficient (Wildman–Crippen LogP) is 7.06. The molecule has 1 aliphatic rings. The summed E-state index contributed by atoms with van der Waals surface area (Å²) in [6.07, 6.45) is 11.4. The fourth-order valence-electron chi connectivity index (χ4n) is 3.59. The Hall–Kier alpha value is -2.80. The molecule has 0 bridgehead atoms. The topological polar surface area (TPSA) is 59.3 Å². The van der Waals surface area contributed by atoms with E-state index in [-0.39, 0.29) is 29.4 Å². The molecule has 1 amide bonds. The summed E-state index contributed by atoms with van der Waals surface area (Å²) in [6, 6.07) is 9.98. The first kappa shape index (κ1) is 27.2. The molecule has 1 unspecified atom stereocenters. The third-order valence-corrected chi connectivity index (χ3v) is 5.26. The lowest BCUT2D eigenvalue weighted by Crippen LogP contribution is -2.36. The second-order valence-electron chi connectivity index (χ2n) is 8.38. The Balaban J connectivity index is 0.000000769. The molecule has 1 fully saturated rings. The van der Waals surface area contributed by atoms with Crippen LogP contribution in [0.3, 0.4) is 0 Å². The highest BCUT2D eigenvalue weighted by molar-refractivity contribution is 5.99. The minimum Gasteiger partial charge on any atom is -0.456 e. The minimum atomic E-state index is -0.168. The molecule has 1 aliphatic carbocycles. The van der Waals surface area contributed by atoms with Crippen LogP contribution in [0.5, 0.6) is 0 Å². The monoisotopic (exact) mass is 437 g/mol. The lowest BCUT2D eigenvalue weighted by molar-refractivity contribution is 0.0923. The molecule has 4 heteroatoms. The zero-order chi connectivity index (χ0) is 24.1. The van der Waals surface area contributed by atoms with Crippen LogP contribution in [0.4, 0.5) is 0 Å². The highest BCUT2D eigenvalue weighted by Crippen LogP contribution is 2.30. The molecule has 1 aromatic carbocycles. The third-order valence-electron chi connectivity index (χ3n) is 5.26. The number of Topliss-reactive ketones (excluding diaryl/α,β-unsaturated/α-hetero) is 1. The van der Waals surface area contributed by atoms with Crippen molar-refractivity contribution in [1.29, 1.82) is 0 Å². The molecule has 3 rings (SSSR count). The second-order valence-corrected chi connectivity index (χ2v) is 8.38. The van der Waals surface area contributed by atoms with Gasteiger partial charge in [-0.2, -0.15) is 0 Å². The summed E-state index contributed by atoms with van der Waals surface area (Å²) in [5.41, 5.74) is 2.72. The largest absolute Gasteiger partial charge is 0.456 e. The van der Waals surface area contributed by atoms with Crippen LogP contribution < -0.4 is 5.32 Å². The highest BCUT2D eigenvalue weighted by atomic mass is 16.3. The van der Waals surface area contributed by atoms with Crippen LogP contribution in [0.1, 0.15) is 117 Å². The standard InChI is InChI=1S/C22H27NO3.C3H8.C3H4/c1-14-9-11-17(12-10-14)15(2)21-19(13-20(26-21)16(3)24)22(25)23-18-7-5-4-6-8-18;2*1-3-2/h9-13,15,18H,4-8H2,1-3H3,(H,23,25);3H2,1-2H3;1H,2H3. The van der Waals surface area contributed by atoms with Gasteiger partial charge in [-0.3, -0.25) is 9.59 Å². The number of carbonyl (C=O) groups is 2. The summed E-state index contributed by atoms with van der Waals surface area (Å²) in [5.74, 6) is 2.65. The van der Waals surface area contributed by atoms with Crippen LogP contribution >= 0.6 is 0 Å². The van der Waals surface area contributed by atoms with Gasteiger partial charge in [0.15, 0.2) is 11.5 Å². The van der Waals surface area contributed by atoms with Crippen molar-refractivity contribution in [2.24, 2.45) is 0 Å². The number of nitrogens with one attached hydrogen (secondary N) is 1. The van der Waals surface area contributed by atoms with Crippen LogP contribution in [0.15, 0.2) is 34.7 Å². The molecule has 1 atom stereocenters. The van der Waals surface area contributed by atoms with Gasteiger partial charge in [-0.25, -0.2) is 0 Å². The summed E-state index contributed by atoms with van der Waals surface area (Å²) >= 11 is 0. The normalized spacial score (nSPS) is 14.0. The Morgan fingerprint density at radius 2 is 1.69 bits per heavy atom. The quantitative estimate of drug-likeness (QED) is 0.402. The lowest BCUT2D eigenvalue weighted by atomic mass is 9.93. The van der Waals surface area contributed by atoms with Crippen molar-refractivity contribution in [1.82, 2.24) is 5.32 Å². The summed E-state index contributed by atoms with van der Waals surface area (Å²) in [5, 5.41) is 3.13. The first-order chi connectivity index (χ1) is 15.3. The van der Waals surface area contributed by atoms with Crippen molar-refractivity contribution in [3.63, 3.8) is 0 Å². The van der Waals surface area contributed by atoms with E-state index in [9.17, 15) is 9.59 Å². The smallest absolute Gasteiger partial charge is 0.255 e. The Morgan fingerprint density at radius 3 is 2.19 bits per heavy atom. The number of aryl methyl sites for hydroxylation is 1. The van der Waals surface area contributed by atoms with Gasteiger partial charge in [0.05, 0.1) is 5.56 Å². The Morgan fingerprint density at radius 1 is 1.16 bits per heavy atom. The maximum Gasteiger partial charge on any atom is 0.255 e. The Bertz CT molecular complexity index is 880. The fourth-order valence-corrected chi connectivity index (χ4v) is 3.59. The molecule has 174 valence electrons. The predicted molar refractivity (Wildman–Crippen MR) is 132 cm³/mol. The van der Waals surface area contributed by atoms with Gasteiger partial charge in [0, 0.05) is 24.9 Å². The molecular formula is C28H39NO3. The van der Waals surface area contributed by atoms with Crippen molar-refractivity contribution in [3.05, 3.63) is 58.5 Å². The van der Waals surface area contributed by atoms with Crippen LogP contribution in [0, 0.1) is 19.3 Å². The maximum absolute atomic E-state index is 12.9. The molecule has 0 aliphatic heterocycles. The number of rotatable bonds is 5. The number of carbonyl (C=O) groups excluding carboxylic acids is 2. The van der Waals surface area contributed by atoms with Gasteiger partial charge in [0.1, 0.15) is 5.76 Å². The SMILES string of the molecule is C#CC.CC(=O)c1cc(C(=O)NC2CCCCC2)c(C(C)c2ccc(C)cc2)o1.CCC. The molecular weight excluding hydrogens is 398 g/mol. The van der Waals surface area contributed by atoms with E-state index in [1.807, 2.05) is 38.1 Å². The van der Waals surface area contributed by atoms with Gasteiger partial charge in [-0.1, -0.05) is 76.3 Å². The van der Waals surface area contributed by atoms with E-state index in [0.29, 0.717) is 11.3 Å². The van der Waals surface area contributed by atoms with Crippen LogP contribution in [-0.2, 0) is 0 Å². The first-order valence-electron chi connectivity index (χ1n) is 11.7. The third kappa shape index (κ3) is 8.38. The van der Waals surface area contributed by atoms with Crippen molar-refractivity contribution in [2.75, 3.05) is 0 Å². The van der Waals surface area contributed by atoms with Crippen molar-refractivity contribution in [2.45, 2.75) is 92.0 Å². The molecule has 1 heterocycles. The Labute approximate surface area is 194 Å². The molecule has 4 nitrogen and oxygen atoms in total. The van der Waals surface area contributed by atoms with E-state index < -0.39 is 0 Å². The van der Waals surface area contributed by atoms with E-state index in [0.717, 1.165) is 31.2 Å². The Kier molecular flexibility index (Phi) is 12.2. The number of amides is 1. The molecule has 0 radical (unpaired) electrons. The van der Waals surface area contributed by atoms with Gasteiger partial charge >= 0.3 is 0 Å². The average molecular weight is 438 g/mol. The van der Waals surface area contributed by atoms with Crippen molar-refractivity contribution in [3.8, 4) is 12.3 Å². The molecule has 0 spiro atoms. The minimum absolute atomic E-state index is 0.101. The maximum atomic E-state index is 12.9. The van der Waals surface area contributed by atoms with Crippen LogP contribution in [0.25, 0.3) is 0 Å². The van der Waals surface area contributed by atoms with Gasteiger partial charge in [-0.05, 0) is 32.3 Å². The molecule has 0 saturated heterocycles. The number of hydrogen-bond acceptors (Lipinski definition) is 3. The van der Waals surface area contributed by atoms with E-state index in [2.05, 4.69) is 31.5 Å². The lowest BCUT2D eigenvalue weighted by Gasteiger charge is -2.23. The van der Waals surface area contributed by atoms with E-state index in [4.69, 9.17) is 4.42 Å². The molecule has 1 saturated carbocycles. The summed E-state index contributed by atoms with van der Waals surface area (Å²) in [7, 11) is 0. The molecule has 1 N–H and O–H groups in total. The summed E-state index contributed by atoms with van der Waals surface area (Å²) in [4.78, 5) is 24.7. The average Bonchev–Trinajstić information content (AvgIpc) is 3.22. The van der Waals surface area contributed by atoms with Gasteiger partial charge < -0.3 is 9.73 Å². The fraction of sp³-hybridized carbons (Fsp3) is 0.500. The van der Waals surface area contributed by atoms with Crippen LogP contribution in [0.2, 0.25) is 0 Å². The highest BCUT2D eigenvalue weighted by Gasteiger charge is 2.26. The molecule has 32 heavy (non-hydrogen) atoms. The number of furan rings is 1. The van der Waals surface area contributed by atoms with Crippen LogP contribution in [-0.4, -0.2) is 17.7 Å². The first-order valence-corrected chi connectivity index (χ1v) is 11.7. The summed E-state index contributed by atoms with van der Waals surface area (Å²) in [6.45, 7) is 11.4. The number of terminal acetylenes is 1. The molecule has 2 aromatic rings. The second kappa shape index (κ2) is 14.3. The molecule has 1 aromatic heterocycles. The van der Waals surface area contributed by atoms with Crippen molar-refractivity contribution < 1.29 is 14.0 Å². The van der Waals surface area contributed by atoms with Gasteiger partial charge in [0.25, 0.3) is 5.91 Å². The zero-order valence-corrected chi connectivity index (χ0v) is 20.6. The number of benzene rings is 1. The van der Waals surface area contributed by atoms with E-state index in [1.165, 1.54) is 25.3 Å². The summed E-state index contributed by atoms with van der Waals surface area (Å²) < 4.78 is 5.82. The van der Waals surface area contributed by atoms with E-state index in [1.54, 1.807) is 13.0 Å². The van der Waals surface area contributed by atoms with Crippen molar-refractivity contribution >= 4 is 11.7 Å². The number of hydrogen-bond donors (Lipinski definition) is 1.